The van der Waals surface area contributed by atoms with Gasteiger partial charge in [0, 0.05) is 9.50 Å². The molecule has 0 saturated carbocycles. The molecule has 0 saturated heterocycles. The molecule has 19 heavy (non-hydrogen) atoms. The van der Waals surface area contributed by atoms with Crippen molar-refractivity contribution in [2.75, 3.05) is 0 Å². The number of halogens is 2. The number of hydrogen-bond donors (Lipinski definition) is 1. The van der Waals surface area contributed by atoms with E-state index >= 15 is 0 Å². The van der Waals surface area contributed by atoms with E-state index < -0.39 is 5.97 Å². The van der Waals surface area contributed by atoms with E-state index in [1.807, 2.05) is 36.4 Å². The van der Waals surface area contributed by atoms with Gasteiger partial charge >= 0.3 is 5.97 Å². The lowest BCUT2D eigenvalue weighted by Crippen LogP contribution is -1.96. The largest absolute Gasteiger partial charge is 0.478 e. The zero-order chi connectivity index (χ0) is 13.8. The van der Waals surface area contributed by atoms with E-state index in [9.17, 15) is 4.79 Å². The van der Waals surface area contributed by atoms with Gasteiger partial charge in [0.05, 0.1) is 5.56 Å². The van der Waals surface area contributed by atoms with Crippen molar-refractivity contribution < 1.29 is 9.90 Å². The predicted molar refractivity (Wildman–Crippen MR) is 81.5 cm³/mol. The summed E-state index contributed by atoms with van der Waals surface area (Å²) in [5.41, 5.74) is 2.07. The van der Waals surface area contributed by atoms with Crippen LogP contribution in [-0.4, -0.2) is 11.1 Å². The molecule has 0 radical (unpaired) electrons. The quantitative estimate of drug-likeness (QED) is 0.803. The lowest BCUT2D eigenvalue weighted by Gasteiger charge is -2.01. The fraction of sp³-hybridized carbons (Fsp3) is 0. The first-order valence-electron chi connectivity index (χ1n) is 5.53. The molecule has 0 aliphatic carbocycles. The van der Waals surface area contributed by atoms with Gasteiger partial charge < -0.3 is 5.11 Å². The number of carbonyl (C=O) groups is 1. The molecule has 0 atom stereocenters. The van der Waals surface area contributed by atoms with Crippen LogP contribution in [0.1, 0.15) is 21.5 Å². The van der Waals surface area contributed by atoms with Crippen LogP contribution in [0.15, 0.2) is 46.9 Å². The van der Waals surface area contributed by atoms with Crippen LogP contribution >= 0.6 is 27.5 Å². The number of rotatable bonds is 3. The Morgan fingerprint density at radius 3 is 2.42 bits per heavy atom. The third kappa shape index (κ3) is 3.69. The van der Waals surface area contributed by atoms with E-state index in [1.165, 1.54) is 0 Å². The molecule has 96 valence electrons. The van der Waals surface area contributed by atoms with Crippen LogP contribution in [0.25, 0.3) is 12.2 Å². The number of benzene rings is 2. The molecule has 4 heteroatoms. The lowest BCUT2D eigenvalue weighted by molar-refractivity contribution is 0.0697. The molecule has 0 bridgehead atoms. The Balaban J connectivity index is 2.29. The first kappa shape index (κ1) is 13.8. The van der Waals surface area contributed by atoms with Crippen molar-refractivity contribution in [1.82, 2.24) is 0 Å². The fourth-order valence-electron chi connectivity index (χ4n) is 1.56. The van der Waals surface area contributed by atoms with Gasteiger partial charge in [-0.15, -0.1) is 0 Å². The summed E-state index contributed by atoms with van der Waals surface area (Å²) in [6.45, 7) is 0. The maximum Gasteiger partial charge on any atom is 0.335 e. The molecule has 0 fully saturated rings. The van der Waals surface area contributed by atoms with Gasteiger partial charge in [0.1, 0.15) is 0 Å². The Kier molecular flexibility index (Phi) is 4.40. The molecular weight excluding hydrogens is 328 g/mol. The highest BCUT2D eigenvalue weighted by Gasteiger charge is 2.04. The van der Waals surface area contributed by atoms with Crippen LogP contribution < -0.4 is 0 Å². The summed E-state index contributed by atoms with van der Waals surface area (Å²) in [5, 5.41) is 9.65. The molecule has 2 rings (SSSR count). The van der Waals surface area contributed by atoms with Crippen LogP contribution in [0, 0.1) is 0 Å². The standard InChI is InChI=1S/C15H10BrClO2/c16-14-8-5-12(15(18)19)9-11(14)4-1-10-2-6-13(17)7-3-10/h1-9H,(H,18,19). The second-order valence-electron chi connectivity index (χ2n) is 3.93. The predicted octanol–water partition coefficient (Wildman–Crippen LogP) is 4.97. The molecule has 0 aliphatic heterocycles. The SMILES string of the molecule is O=C(O)c1ccc(Br)c(C=Cc2ccc(Cl)cc2)c1. The fourth-order valence-corrected chi connectivity index (χ4v) is 2.07. The Hall–Kier alpha value is -1.58. The number of aromatic carboxylic acids is 1. The lowest BCUT2D eigenvalue weighted by atomic mass is 10.1. The van der Waals surface area contributed by atoms with Crippen molar-refractivity contribution in [3.63, 3.8) is 0 Å². The van der Waals surface area contributed by atoms with E-state index in [0.29, 0.717) is 5.02 Å². The number of hydrogen-bond acceptors (Lipinski definition) is 1. The monoisotopic (exact) mass is 336 g/mol. The molecule has 2 nitrogen and oxygen atoms in total. The minimum atomic E-state index is -0.936. The third-order valence-electron chi connectivity index (χ3n) is 2.57. The van der Waals surface area contributed by atoms with Crippen LogP contribution in [0.4, 0.5) is 0 Å². The number of carboxylic acids is 1. The molecule has 0 unspecified atom stereocenters. The highest BCUT2D eigenvalue weighted by atomic mass is 79.9. The van der Waals surface area contributed by atoms with Crippen molar-refractivity contribution in [3.05, 3.63) is 68.7 Å². The summed E-state index contributed by atoms with van der Waals surface area (Å²) in [5.74, 6) is -0.936. The van der Waals surface area contributed by atoms with Crippen molar-refractivity contribution in [2.45, 2.75) is 0 Å². The maximum absolute atomic E-state index is 10.9. The summed E-state index contributed by atoms with van der Waals surface area (Å²) in [7, 11) is 0. The van der Waals surface area contributed by atoms with Gasteiger partial charge in [0.25, 0.3) is 0 Å². The Labute approximate surface area is 124 Å². The molecule has 1 N–H and O–H groups in total. The molecule has 0 spiro atoms. The smallest absolute Gasteiger partial charge is 0.335 e. The summed E-state index contributed by atoms with van der Waals surface area (Å²) in [6, 6.07) is 12.3. The average Bonchev–Trinajstić information content (AvgIpc) is 2.39. The topological polar surface area (TPSA) is 37.3 Å². The average molecular weight is 338 g/mol. The van der Waals surface area contributed by atoms with E-state index in [1.54, 1.807) is 18.2 Å². The molecule has 0 amide bonds. The summed E-state index contributed by atoms with van der Waals surface area (Å²) in [4.78, 5) is 10.9. The Bertz CT molecular complexity index is 633. The highest BCUT2D eigenvalue weighted by molar-refractivity contribution is 9.10. The molecule has 0 heterocycles. The van der Waals surface area contributed by atoms with Crippen molar-refractivity contribution in [2.24, 2.45) is 0 Å². The van der Waals surface area contributed by atoms with Gasteiger partial charge in [-0.05, 0) is 41.5 Å². The molecule has 2 aromatic carbocycles. The Morgan fingerprint density at radius 2 is 1.79 bits per heavy atom. The summed E-state index contributed by atoms with van der Waals surface area (Å²) < 4.78 is 0.850. The number of carboxylic acid groups (broad SMARTS) is 1. The third-order valence-corrected chi connectivity index (χ3v) is 3.54. The normalized spacial score (nSPS) is 10.8. The molecular formula is C15H10BrClO2. The van der Waals surface area contributed by atoms with E-state index in [0.717, 1.165) is 15.6 Å². The van der Waals surface area contributed by atoms with Gasteiger partial charge in [0.2, 0.25) is 0 Å². The first-order valence-corrected chi connectivity index (χ1v) is 6.70. The van der Waals surface area contributed by atoms with Gasteiger partial charge in [-0.25, -0.2) is 4.79 Å². The minimum absolute atomic E-state index is 0.263. The molecule has 0 aromatic heterocycles. The highest BCUT2D eigenvalue weighted by Crippen LogP contribution is 2.21. The van der Waals surface area contributed by atoms with Crippen molar-refractivity contribution >= 4 is 45.7 Å². The zero-order valence-corrected chi connectivity index (χ0v) is 12.1. The molecule has 2 aromatic rings. The van der Waals surface area contributed by atoms with Crippen LogP contribution in [0.2, 0.25) is 5.02 Å². The van der Waals surface area contributed by atoms with E-state index in [2.05, 4.69) is 15.9 Å². The van der Waals surface area contributed by atoms with Gasteiger partial charge in [-0.2, -0.15) is 0 Å². The zero-order valence-electron chi connectivity index (χ0n) is 9.81. The van der Waals surface area contributed by atoms with Crippen LogP contribution in [0.3, 0.4) is 0 Å². The van der Waals surface area contributed by atoms with Gasteiger partial charge in [-0.1, -0.05) is 51.8 Å². The first-order chi connectivity index (χ1) is 9.06. The minimum Gasteiger partial charge on any atom is -0.478 e. The van der Waals surface area contributed by atoms with Crippen LogP contribution in [-0.2, 0) is 0 Å². The summed E-state index contributed by atoms with van der Waals surface area (Å²) in [6.07, 6.45) is 3.77. The van der Waals surface area contributed by atoms with E-state index in [4.69, 9.17) is 16.7 Å². The van der Waals surface area contributed by atoms with Crippen molar-refractivity contribution in [1.29, 1.82) is 0 Å². The van der Waals surface area contributed by atoms with Gasteiger partial charge in [0.15, 0.2) is 0 Å². The van der Waals surface area contributed by atoms with Crippen LogP contribution in [0.5, 0.6) is 0 Å². The summed E-state index contributed by atoms with van der Waals surface area (Å²) >= 11 is 9.21. The Morgan fingerprint density at radius 1 is 1.11 bits per heavy atom. The maximum atomic E-state index is 10.9. The van der Waals surface area contributed by atoms with Crippen molar-refractivity contribution in [3.8, 4) is 0 Å². The van der Waals surface area contributed by atoms with Gasteiger partial charge in [-0.3, -0.25) is 0 Å². The second-order valence-corrected chi connectivity index (χ2v) is 5.22. The second kappa shape index (κ2) is 6.04. The molecule has 0 aliphatic rings. The van der Waals surface area contributed by atoms with E-state index in [-0.39, 0.29) is 5.56 Å².